The molecule has 2 bridgehead atoms. The molecular weight excluding hydrogens is 753 g/mol. The lowest BCUT2D eigenvalue weighted by Crippen LogP contribution is -2.67. The van der Waals surface area contributed by atoms with Crippen molar-refractivity contribution >= 4 is 34.5 Å². The average molecular weight is 813 g/mol. The molecule has 13 heteroatoms. The lowest BCUT2D eigenvalue weighted by molar-refractivity contribution is -0.201. The van der Waals surface area contributed by atoms with Crippen LogP contribution in [0.2, 0.25) is 0 Å². The van der Waals surface area contributed by atoms with E-state index in [1.165, 1.54) is 21.1 Å². The predicted molar refractivity (Wildman–Crippen MR) is 223 cm³/mol. The number of piperidine rings is 1. The van der Waals surface area contributed by atoms with Gasteiger partial charge in [0.2, 0.25) is 5.60 Å². The zero-order valence-electron chi connectivity index (χ0n) is 35.5. The minimum absolute atomic E-state index is 0.0829. The number of nitrogens with one attached hydrogen (secondary N) is 1. The molecule has 318 valence electrons. The monoisotopic (exact) mass is 812 g/mol. The minimum Gasteiger partial charge on any atom is -0.496 e. The maximum Gasteiger partial charge on any atom is 0.343 e. The summed E-state index contributed by atoms with van der Waals surface area (Å²) >= 11 is 0. The van der Waals surface area contributed by atoms with Crippen LogP contribution < -0.4 is 9.64 Å². The number of esters is 3. The molecule has 1 unspecified atom stereocenters. The number of fused-ring (bicyclic) bond motifs is 7. The number of β-amino-alcohol motifs (C(OH)–C–C–N with tert-alkyl or cyclic N) is 1. The quantitative estimate of drug-likeness (QED) is 0.176. The van der Waals surface area contributed by atoms with E-state index in [-0.39, 0.29) is 24.4 Å². The van der Waals surface area contributed by atoms with Gasteiger partial charge < -0.3 is 39.0 Å². The van der Waals surface area contributed by atoms with Crippen molar-refractivity contribution in [1.29, 1.82) is 0 Å². The van der Waals surface area contributed by atoms with Gasteiger partial charge in [0.05, 0.1) is 33.5 Å². The summed E-state index contributed by atoms with van der Waals surface area (Å²) in [7, 11) is 6.07. The Bertz CT molecular complexity index is 2170. The molecule has 9 atom stereocenters. The van der Waals surface area contributed by atoms with Crippen LogP contribution in [0.3, 0.4) is 0 Å². The van der Waals surface area contributed by atoms with Gasteiger partial charge >= 0.3 is 17.9 Å². The topological polar surface area (TPSA) is 154 Å². The SMILES string of the molecule is CC[C@]1(O)C[C@@H]2CN(CCc3c([nH]c4ccccc34)[C@@](C(=O)OC)(c3cc4c(cc3OC)N(C)C[C@@](O)(C(=O)OC)[C@H](OC(C)=O)[C@]3(CC)C=CCN5CC[C@@H]4[C@@H]53)C2)C1. The maximum absolute atomic E-state index is 15.3. The molecule has 3 aromatic rings. The van der Waals surface area contributed by atoms with Crippen molar-refractivity contribution in [2.45, 2.75) is 94.0 Å². The number of hydrogen-bond donors (Lipinski definition) is 3. The fraction of sp³-hybridized carbons (Fsp3) is 0.587. The summed E-state index contributed by atoms with van der Waals surface area (Å²) in [6.07, 6.45) is 6.09. The summed E-state index contributed by atoms with van der Waals surface area (Å²) in [4.78, 5) is 52.5. The molecule has 2 aromatic carbocycles. The first-order chi connectivity index (χ1) is 28.2. The van der Waals surface area contributed by atoms with Crippen LogP contribution in [0.5, 0.6) is 5.75 Å². The van der Waals surface area contributed by atoms with E-state index in [0.29, 0.717) is 68.7 Å². The van der Waals surface area contributed by atoms with Gasteiger partial charge in [0.1, 0.15) is 11.2 Å². The van der Waals surface area contributed by atoms with Gasteiger partial charge in [-0.05, 0) is 74.2 Å². The zero-order chi connectivity index (χ0) is 42.1. The zero-order valence-corrected chi connectivity index (χ0v) is 35.5. The Kier molecular flexibility index (Phi) is 10.7. The van der Waals surface area contributed by atoms with E-state index >= 15 is 4.79 Å². The molecule has 0 amide bonds. The van der Waals surface area contributed by atoms with Gasteiger partial charge in [-0.1, -0.05) is 44.2 Å². The van der Waals surface area contributed by atoms with Gasteiger partial charge in [-0.2, -0.15) is 0 Å². The molecule has 0 aliphatic carbocycles. The molecule has 2 fully saturated rings. The highest BCUT2D eigenvalue weighted by atomic mass is 16.6. The molecule has 5 aliphatic heterocycles. The predicted octanol–water partition coefficient (Wildman–Crippen LogP) is 4.45. The number of anilines is 1. The number of aromatic nitrogens is 1. The maximum atomic E-state index is 15.3. The number of H-pyrrole nitrogens is 1. The Morgan fingerprint density at radius 1 is 0.966 bits per heavy atom. The molecule has 13 nitrogen and oxygen atoms in total. The Morgan fingerprint density at radius 2 is 1.73 bits per heavy atom. The molecular formula is C46H60N4O9. The van der Waals surface area contributed by atoms with Crippen molar-refractivity contribution < 1.29 is 43.5 Å². The van der Waals surface area contributed by atoms with Crippen LogP contribution in [0.1, 0.15) is 81.2 Å². The van der Waals surface area contributed by atoms with E-state index in [0.717, 1.165) is 47.2 Å². The van der Waals surface area contributed by atoms with Crippen LogP contribution in [0.15, 0.2) is 48.6 Å². The van der Waals surface area contributed by atoms with E-state index < -0.39 is 46.0 Å². The second-order valence-corrected chi connectivity index (χ2v) is 17.8. The van der Waals surface area contributed by atoms with Crippen LogP contribution in [0.4, 0.5) is 5.69 Å². The number of aromatic amines is 1. The highest BCUT2D eigenvalue weighted by molar-refractivity contribution is 5.94. The van der Waals surface area contributed by atoms with Crippen LogP contribution in [-0.2, 0) is 40.4 Å². The lowest BCUT2D eigenvalue weighted by atomic mass is 9.62. The number of rotatable bonds is 7. The summed E-state index contributed by atoms with van der Waals surface area (Å²) in [6.45, 7) is 8.43. The highest BCUT2D eigenvalue weighted by Crippen LogP contribution is 2.57. The normalized spacial score (nSPS) is 34.1. The number of likely N-dealkylation sites (N-methyl/N-ethyl adjacent to an activating group) is 1. The molecule has 0 spiro atoms. The first-order valence-corrected chi connectivity index (χ1v) is 21.2. The molecule has 0 saturated carbocycles. The van der Waals surface area contributed by atoms with E-state index in [1.807, 2.05) is 55.2 Å². The second kappa shape index (κ2) is 15.2. The number of benzene rings is 2. The first-order valence-electron chi connectivity index (χ1n) is 21.2. The van der Waals surface area contributed by atoms with Gasteiger partial charge in [0, 0.05) is 91.4 Å². The number of para-hydroxylation sites is 1. The van der Waals surface area contributed by atoms with E-state index in [2.05, 4.69) is 26.9 Å². The number of aliphatic hydroxyl groups is 2. The average Bonchev–Trinajstić information content (AvgIpc) is 3.85. The van der Waals surface area contributed by atoms with Gasteiger partial charge in [0.25, 0.3) is 0 Å². The van der Waals surface area contributed by atoms with E-state index in [4.69, 9.17) is 18.9 Å². The third kappa shape index (κ3) is 6.37. The van der Waals surface area contributed by atoms with Crippen molar-refractivity contribution in [3.05, 3.63) is 70.9 Å². The summed E-state index contributed by atoms with van der Waals surface area (Å²) in [5.74, 6) is -1.76. The molecule has 3 N–H and O–H groups in total. The van der Waals surface area contributed by atoms with Crippen LogP contribution in [-0.4, -0.2) is 134 Å². The molecule has 6 heterocycles. The standard InChI is InChI=1S/C46H60N4O9/c1-8-43(54)23-29-24-45(41(52)57-6,38-31(15-19-49(25-29)26-43)30-13-10-11-14-35(30)47-38)34-21-33-32-16-20-50-18-12-17-44(9-2,39(32)50)40(59-28(3)51)46(55,42(53)58-7)27-48(4)36(33)22-37(34)56-5/h10-14,17,21-22,29,32,39-40,47,54-55H,8-9,15-16,18-20,23-27H2,1-7H3/t29-,32-,39+,40+,43-,44+,45-,46-/m0/s1. The van der Waals surface area contributed by atoms with E-state index in [9.17, 15) is 19.8 Å². The Balaban J connectivity index is 1.44. The fourth-order valence-electron chi connectivity index (χ4n) is 12.2. The number of ether oxygens (including phenoxy) is 4. The molecule has 1 aromatic heterocycles. The molecule has 0 radical (unpaired) electrons. The van der Waals surface area contributed by atoms with Crippen molar-refractivity contribution in [1.82, 2.24) is 14.8 Å². The van der Waals surface area contributed by atoms with E-state index in [1.54, 1.807) is 14.2 Å². The Labute approximate surface area is 346 Å². The molecule has 8 rings (SSSR count). The smallest absolute Gasteiger partial charge is 0.343 e. The molecule has 5 aliphatic rings. The first kappa shape index (κ1) is 41.3. The van der Waals surface area contributed by atoms with Crippen molar-refractivity contribution in [3.8, 4) is 5.75 Å². The van der Waals surface area contributed by atoms with Gasteiger partial charge in [-0.3, -0.25) is 19.4 Å². The summed E-state index contributed by atoms with van der Waals surface area (Å²) in [6, 6.07) is 11.9. The second-order valence-electron chi connectivity index (χ2n) is 17.8. The van der Waals surface area contributed by atoms with Crippen LogP contribution in [0.25, 0.3) is 10.9 Å². The van der Waals surface area contributed by atoms with Crippen LogP contribution >= 0.6 is 0 Å². The summed E-state index contributed by atoms with van der Waals surface area (Å²) in [5.41, 5.74) is -0.579. The minimum atomic E-state index is -2.27. The van der Waals surface area contributed by atoms with Gasteiger partial charge in [-0.15, -0.1) is 0 Å². The van der Waals surface area contributed by atoms with Crippen molar-refractivity contribution in [3.63, 3.8) is 0 Å². The van der Waals surface area contributed by atoms with Crippen molar-refractivity contribution in [2.24, 2.45) is 11.3 Å². The number of hydrogen-bond acceptors (Lipinski definition) is 12. The van der Waals surface area contributed by atoms with Crippen molar-refractivity contribution in [2.75, 3.05) is 72.5 Å². The van der Waals surface area contributed by atoms with Crippen LogP contribution in [0, 0.1) is 11.3 Å². The lowest BCUT2D eigenvalue weighted by Gasteiger charge is -2.52. The number of carbonyl (C=O) groups excluding carboxylic acids is 3. The summed E-state index contributed by atoms with van der Waals surface area (Å²) in [5, 5.41) is 25.8. The number of carbonyl (C=O) groups is 3. The third-order valence-electron chi connectivity index (χ3n) is 14.7. The molecule has 2 saturated heterocycles. The highest BCUT2D eigenvalue weighted by Gasteiger charge is 2.64. The number of methoxy groups -OCH3 is 3. The number of nitrogens with zero attached hydrogens (tertiary/aromatic N) is 3. The molecule has 59 heavy (non-hydrogen) atoms. The Morgan fingerprint density at radius 3 is 2.42 bits per heavy atom. The van der Waals surface area contributed by atoms with Gasteiger partial charge in [0.15, 0.2) is 6.10 Å². The largest absolute Gasteiger partial charge is 0.496 e. The fourth-order valence-corrected chi connectivity index (χ4v) is 12.2. The Hall–Kier alpha value is -4.43. The third-order valence-corrected chi connectivity index (χ3v) is 14.7. The van der Waals surface area contributed by atoms with Gasteiger partial charge in [-0.25, -0.2) is 4.79 Å². The summed E-state index contributed by atoms with van der Waals surface area (Å²) < 4.78 is 23.7.